The minimum atomic E-state index is -1.13. The molecule has 0 unspecified atom stereocenters. The highest BCUT2D eigenvalue weighted by atomic mass is 19.1. The van der Waals surface area contributed by atoms with Crippen LogP contribution < -0.4 is 5.32 Å². The molecule has 1 N–H and O–H groups in total. The maximum Gasteiger partial charge on any atom is 0.325 e. The van der Waals surface area contributed by atoms with Crippen molar-refractivity contribution >= 4 is 17.8 Å². The zero-order valence-electron chi connectivity index (χ0n) is 18.8. The smallest absolute Gasteiger partial charge is 0.325 e. The van der Waals surface area contributed by atoms with E-state index in [1.165, 1.54) is 35.2 Å². The molecule has 2 saturated heterocycles. The van der Waals surface area contributed by atoms with Gasteiger partial charge in [-0.1, -0.05) is 18.2 Å². The van der Waals surface area contributed by atoms with Gasteiger partial charge in [-0.05, 0) is 73.4 Å². The monoisotopic (exact) mass is 467 g/mol. The van der Waals surface area contributed by atoms with E-state index in [1.54, 1.807) is 23.1 Å². The van der Waals surface area contributed by atoms with Crippen molar-refractivity contribution in [2.75, 3.05) is 19.6 Å². The number of amides is 4. The molecule has 2 aromatic rings. The summed E-state index contributed by atoms with van der Waals surface area (Å²) in [6.07, 6.45) is 3.34. The molecule has 1 saturated carbocycles. The van der Waals surface area contributed by atoms with E-state index in [0.29, 0.717) is 44.0 Å². The summed E-state index contributed by atoms with van der Waals surface area (Å²) in [6.45, 7) is 1.22. The van der Waals surface area contributed by atoms with Gasteiger partial charge in [0.05, 0.1) is 0 Å². The number of hydrogen-bond acceptors (Lipinski definition) is 3. The average Bonchev–Trinajstić information content (AvgIpc) is 3.63. The van der Waals surface area contributed by atoms with E-state index in [9.17, 15) is 23.2 Å². The number of urea groups is 1. The van der Waals surface area contributed by atoms with E-state index in [-0.39, 0.29) is 36.0 Å². The van der Waals surface area contributed by atoms with Gasteiger partial charge in [0.1, 0.15) is 17.2 Å². The molecule has 178 valence electrons. The molecular formula is C26H27F2N3O3. The molecule has 1 aliphatic carbocycles. The first-order valence-electron chi connectivity index (χ1n) is 11.8. The van der Waals surface area contributed by atoms with Crippen molar-refractivity contribution in [2.24, 2.45) is 11.8 Å². The van der Waals surface area contributed by atoms with Crippen LogP contribution in [0.3, 0.4) is 0 Å². The Kier molecular flexibility index (Phi) is 5.83. The summed E-state index contributed by atoms with van der Waals surface area (Å²) in [7, 11) is 0. The van der Waals surface area contributed by atoms with Gasteiger partial charge < -0.3 is 10.2 Å². The van der Waals surface area contributed by atoms with Gasteiger partial charge in [-0.15, -0.1) is 0 Å². The molecule has 34 heavy (non-hydrogen) atoms. The Morgan fingerprint density at radius 3 is 2.32 bits per heavy atom. The number of likely N-dealkylation sites (tertiary alicyclic amines) is 1. The topological polar surface area (TPSA) is 69.7 Å². The molecule has 1 atom stereocenters. The highest BCUT2D eigenvalue weighted by Crippen LogP contribution is 2.39. The Balaban J connectivity index is 1.36. The molecule has 0 spiro atoms. The van der Waals surface area contributed by atoms with Gasteiger partial charge in [-0.25, -0.2) is 13.6 Å². The molecule has 3 fully saturated rings. The van der Waals surface area contributed by atoms with Crippen LogP contribution in [0.15, 0.2) is 48.5 Å². The maximum atomic E-state index is 13.7. The lowest BCUT2D eigenvalue weighted by Crippen LogP contribution is -2.58. The first-order chi connectivity index (χ1) is 16.4. The van der Waals surface area contributed by atoms with Crippen molar-refractivity contribution < 1.29 is 23.2 Å². The second-order valence-corrected chi connectivity index (χ2v) is 9.64. The lowest BCUT2D eigenvalue weighted by Gasteiger charge is -2.41. The molecule has 5 rings (SSSR count). The van der Waals surface area contributed by atoms with Crippen molar-refractivity contribution in [3.05, 3.63) is 71.3 Å². The SMILES string of the molecule is O=C(c1cccc(F)c1)N1CCC([C@]2(Cc3ccc(F)cc3)NC(=O)N(CC3CC3)C2=O)CC1. The molecule has 4 amide bonds. The minimum Gasteiger partial charge on any atom is -0.339 e. The van der Waals surface area contributed by atoms with Gasteiger partial charge >= 0.3 is 6.03 Å². The molecule has 8 heteroatoms. The second-order valence-electron chi connectivity index (χ2n) is 9.64. The number of imide groups is 1. The van der Waals surface area contributed by atoms with Crippen LogP contribution in [0.1, 0.15) is 41.6 Å². The summed E-state index contributed by atoms with van der Waals surface area (Å²) in [5.41, 5.74) is -0.0699. The van der Waals surface area contributed by atoms with Crippen LogP contribution in [0.25, 0.3) is 0 Å². The van der Waals surface area contributed by atoms with Crippen LogP contribution in [0, 0.1) is 23.5 Å². The predicted octanol–water partition coefficient (Wildman–Crippen LogP) is 3.76. The molecule has 3 aliphatic rings. The Hall–Kier alpha value is -3.29. The van der Waals surface area contributed by atoms with Gasteiger partial charge in [0.15, 0.2) is 0 Å². The molecule has 2 heterocycles. The summed E-state index contributed by atoms with van der Waals surface area (Å²) < 4.78 is 27.1. The molecule has 0 aromatic heterocycles. The van der Waals surface area contributed by atoms with Gasteiger partial charge in [0.2, 0.25) is 0 Å². The van der Waals surface area contributed by atoms with E-state index in [1.807, 2.05) is 0 Å². The standard InChI is InChI=1S/C26H27F2N3O3/c27-21-8-6-17(7-9-21)15-26(24(33)31(25(34)29-26)16-18-4-5-18)20-10-12-30(13-11-20)23(32)19-2-1-3-22(28)14-19/h1-3,6-9,14,18,20H,4-5,10-13,15-16H2,(H,29,34)/t26-/m0/s1. The van der Waals surface area contributed by atoms with Crippen LogP contribution in [0.5, 0.6) is 0 Å². The van der Waals surface area contributed by atoms with Crippen molar-refractivity contribution in [2.45, 2.75) is 37.6 Å². The van der Waals surface area contributed by atoms with Crippen LogP contribution in [0.2, 0.25) is 0 Å². The average molecular weight is 468 g/mol. The number of nitrogens with zero attached hydrogens (tertiary/aromatic N) is 2. The van der Waals surface area contributed by atoms with Crippen molar-refractivity contribution in [1.29, 1.82) is 0 Å². The first kappa shape index (κ1) is 22.5. The van der Waals surface area contributed by atoms with E-state index >= 15 is 0 Å². The number of halogens is 2. The molecule has 2 aromatic carbocycles. The molecule has 2 aliphatic heterocycles. The number of rotatable bonds is 6. The molecular weight excluding hydrogens is 440 g/mol. The van der Waals surface area contributed by atoms with Crippen LogP contribution in [-0.4, -0.2) is 52.8 Å². The Morgan fingerprint density at radius 2 is 1.68 bits per heavy atom. The fourth-order valence-corrected chi connectivity index (χ4v) is 5.21. The number of benzene rings is 2. The number of piperidine rings is 1. The third kappa shape index (κ3) is 4.29. The largest absolute Gasteiger partial charge is 0.339 e. The lowest BCUT2D eigenvalue weighted by atomic mass is 9.73. The Labute approximate surface area is 196 Å². The normalized spacial score (nSPS) is 23.4. The van der Waals surface area contributed by atoms with Gasteiger partial charge in [0.25, 0.3) is 11.8 Å². The van der Waals surface area contributed by atoms with Gasteiger partial charge in [-0.2, -0.15) is 0 Å². The Bertz CT molecular complexity index is 1110. The summed E-state index contributed by atoms with van der Waals surface area (Å²) in [6, 6.07) is 11.2. The highest BCUT2D eigenvalue weighted by Gasteiger charge is 2.56. The maximum absolute atomic E-state index is 13.7. The third-order valence-corrected chi connectivity index (χ3v) is 7.29. The first-order valence-corrected chi connectivity index (χ1v) is 11.8. The minimum absolute atomic E-state index is 0.185. The summed E-state index contributed by atoms with van der Waals surface area (Å²) >= 11 is 0. The van der Waals surface area contributed by atoms with E-state index in [4.69, 9.17) is 0 Å². The quantitative estimate of drug-likeness (QED) is 0.658. The van der Waals surface area contributed by atoms with Crippen molar-refractivity contribution in [1.82, 2.24) is 15.1 Å². The molecule has 0 radical (unpaired) electrons. The third-order valence-electron chi connectivity index (χ3n) is 7.29. The summed E-state index contributed by atoms with van der Waals surface area (Å²) in [4.78, 5) is 42.4. The number of carbonyl (C=O) groups excluding carboxylic acids is 3. The second kappa shape index (κ2) is 8.81. The number of nitrogens with one attached hydrogen (secondary N) is 1. The fraction of sp³-hybridized carbons (Fsp3) is 0.423. The number of hydrogen-bond donors (Lipinski definition) is 1. The highest BCUT2D eigenvalue weighted by molar-refractivity contribution is 6.07. The molecule has 0 bridgehead atoms. The van der Waals surface area contributed by atoms with Gasteiger partial charge in [0, 0.05) is 31.6 Å². The van der Waals surface area contributed by atoms with E-state index < -0.39 is 11.4 Å². The summed E-state index contributed by atoms with van der Waals surface area (Å²) in [5, 5.41) is 3.01. The van der Waals surface area contributed by atoms with Crippen molar-refractivity contribution in [3.8, 4) is 0 Å². The lowest BCUT2D eigenvalue weighted by molar-refractivity contribution is -0.134. The predicted molar refractivity (Wildman–Crippen MR) is 121 cm³/mol. The van der Waals surface area contributed by atoms with Crippen LogP contribution >= 0.6 is 0 Å². The molecule has 6 nitrogen and oxygen atoms in total. The van der Waals surface area contributed by atoms with Crippen LogP contribution in [-0.2, 0) is 11.2 Å². The fourth-order valence-electron chi connectivity index (χ4n) is 5.21. The van der Waals surface area contributed by atoms with E-state index in [0.717, 1.165) is 18.4 Å². The zero-order chi connectivity index (χ0) is 23.9. The Morgan fingerprint density at radius 1 is 0.971 bits per heavy atom. The van der Waals surface area contributed by atoms with Crippen molar-refractivity contribution in [3.63, 3.8) is 0 Å². The summed E-state index contributed by atoms with van der Waals surface area (Å²) in [5.74, 6) is -1.13. The van der Waals surface area contributed by atoms with E-state index in [2.05, 4.69) is 5.32 Å². The van der Waals surface area contributed by atoms with Crippen LogP contribution in [0.4, 0.5) is 13.6 Å². The zero-order valence-corrected chi connectivity index (χ0v) is 18.8. The van der Waals surface area contributed by atoms with Gasteiger partial charge in [-0.3, -0.25) is 14.5 Å². The number of carbonyl (C=O) groups is 3.